The number of carbonyl (C=O) groups excluding carboxylic acids is 1. The molecule has 24 heavy (non-hydrogen) atoms. The molecule has 1 aromatic carbocycles. The minimum Gasteiger partial charge on any atom is -0.493 e. The van der Waals surface area contributed by atoms with Gasteiger partial charge in [-0.25, -0.2) is 0 Å². The van der Waals surface area contributed by atoms with Crippen LogP contribution in [0.2, 0.25) is 5.02 Å². The fourth-order valence-electron chi connectivity index (χ4n) is 2.70. The molecule has 1 aromatic rings. The highest BCUT2D eigenvalue weighted by molar-refractivity contribution is 6.32. The molecule has 0 aromatic heterocycles. The average Bonchev–Trinajstić information content (AvgIpc) is 2.49. The van der Waals surface area contributed by atoms with Crippen molar-refractivity contribution in [3.05, 3.63) is 22.7 Å². The van der Waals surface area contributed by atoms with E-state index >= 15 is 0 Å². The first-order chi connectivity index (χ1) is 10.9. The number of ether oxygens (including phenoxy) is 2. The van der Waals surface area contributed by atoms with E-state index in [2.05, 4.69) is 24.1 Å². The van der Waals surface area contributed by atoms with Crippen molar-refractivity contribution in [3.63, 3.8) is 0 Å². The molecule has 2 rings (SSSR count). The predicted molar refractivity (Wildman–Crippen MR) is 97.3 cm³/mol. The number of amides is 1. The minimum atomic E-state index is -0.559. The third-order valence-electron chi connectivity index (χ3n) is 3.93. The summed E-state index contributed by atoms with van der Waals surface area (Å²) in [6.07, 6.45) is 0. The quantitative estimate of drug-likeness (QED) is 0.790. The number of primary amides is 1. The molecule has 3 N–H and O–H groups in total. The van der Waals surface area contributed by atoms with E-state index in [0.717, 1.165) is 25.2 Å². The zero-order valence-corrected chi connectivity index (χ0v) is 15.7. The normalized spacial score (nSPS) is 21.0. The Morgan fingerprint density at radius 2 is 2.17 bits per heavy atom. The van der Waals surface area contributed by atoms with Crippen molar-refractivity contribution in [1.82, 2.24) is 10.2 Å². The van der Waals surface area contributed by atoms with Crippen molar-refractivity contribution in [1.29, 1.82) is 0 Å². The number of halogens is 2. The zero-order chi connectivity index (χ0) is 17.0. The minimum absolute atomic E-state index is 0. The molecule has 0 aliphatic carbocycles. The molecule has 1 amide bonds. The first kappa shape index (κ1) is 20.8. The highest BCUT2D eigenvalue weighted by Crippen LogP contribution is 2.36. The van der Waals surface area contributed by atoms with Crippen LogP contribution < -0.4 is 20.5 Å². The van der Waals surface area contributed by atoms with Crippen molar-refractivity contribution in [2.24, 2.45) is 5.73 Å². The van der Waals surface area contributed by atoms with Crippen molar-refractivity contribution < 1.29 is 14.3 Å². The highest BCUT2D eigenvalue weighted by atomic mass is 35.5. The Balaban J connectivity index is 0.00000288. The lowest BCUT2D eigenvalue weighted by Gasteiger charge is -2.37. The summed E-state index contributed by atoms with van der Waals surface area (Å²) in [6, 6.07) is 4.64. The Morgan fingerprint density at radius 3 is 2.79 bits per heavy atom. The van der Waals surface area contributed by atoms with Crippen molar-refractivity contribution in [2.45, 2.75) is 32.5 Å². The van der Waals surface area contributed by atoms with Crippen LogP contribution in [-0.2, 0) is 11.3 Å². The van der Waals surface area contributed by atoms with Crippen LogP contribution in [0.1, 0.15) is 19.4 Å². The molecule has 1 aliphatic rings. The number of carbonyl (C=O) groups is 1. The number of hydrogen-bond acceptors (Lipinski definition) is 5. The van der Waals surface area contributed by atoms with Crippen LogP contribution >= 0.6 is 24.0 Å². The Bertz CT molecular complexity index is 572. The second-order valence-electron chi connectivity index (χ2n) is 5.95. The van der Waals surface area contributed by atoms with E-state index in [1.807, 2.05) is 12.1 Å². The summed E-state index contributed by atoms with van der Waals surface area (Å²) in [5.74, 6) is 0.291. The molecule has 0 bridgehead atoms. The van der Waals surface area contributed by atoms with Gasteiger partial charge in [-0.05, 0) is 31.5 Å². The van der Waals surface area contributed by atoms with Gasteiger partial charge in [0.15, 0.2) is 18.1 Å². The highest BCUT2D eigenvalue weighted by Gasteiger charge is 2.23. The third-order valence-corrected chi connectivity index (χ3v) is 4.21. The number of benzene rings is 1. The van der Waals surface area contributed by atoms with Crippen LogP contribution in [0.15, 0.2) is 12.1 Å². The van der Waals surface area contributed by atoms with Crippen LogP contribution in [0.3, 0.4) is 0 Å². The van der Waals surface area contributed by atoms with Crippen LogP contribution in [0.5, 0.6) is 11.5 Å². The van der Waals surface area contributed by atoms with Gasteiger partial charge in [0, 0.05) is 31.7 Å². The second kappa shape index (κ2) is 9.32. The maximum atomic E-state index is 10.9. The Morgan fingerprint density at radius 1 is 1.46 bits per heavy atom. The topological polar surface area (TPSA) is 76.8 Å². The summed E-state index contributed by atoms with van der Waals surface area (Å²) < 4.78 is 10.7. The molecule has 1 aliphatic heterocycles. The van der Waals surface area contributed by atoms with Gasteiger partial charge in [0.05, 0.1) is 12.1 Å². The summed E-state index contributed by atoms with van der Waals surface area (Å²) in [6.45, 7) is 6.85. The lowest BCUT2D eigenvalue weighted by Crippen LogP contribution is -2.53. The van der Waals surface area contributed by atoms with Crippen LogP contribution in [0.25, 0.3) is 0 Å². The van der Waals surface area contributed by atoms with Gasteiger partial charge in [-0.1, -0.05) is 11.6 Å². The molecule has 6 nitrogen and oxygen atoms in total. The van der Waals surface area contributed by atoms with Gasteiger partial charge in [-0.15, -0.1) is 12.4 Å². The summed E-state index contributed by atoms with van der Waals surface area (Å²) in [4.78, 5) is 13.3. The molecule has 1 fully saturated rings. The monoisotopic (exact) mass is 377 g/mol. The van der Waals surface area contributed by atoms with E-state index < -0.39 is 5.91 Å². The molecule has 0 radical (unpaired) electrons. The van der Waals surface area contributed by atoms with Crippen LogP contribution in [0.4, 0.5) is 0 Å². The molecule has 0 spiro atoms. The average molecular weight is 378 g/mol. The Hall–Kier alpha value is -1.21. The number of piperazine rings is 1. The third kappa shape index (κ3) is 5.41. The molecule has 2 atom stereocenters. The van der Waals surface area contributed by atoms with Crippen molar-refractivity contribution >= 4 is 29.9 Å². The van der Waals surface area contributed by atoms with Gasteiger partial charge < -0.3 is 20.5 Å². The van der Waals surface area contributed by atoms with Gasteiger partial charge in [-0.2, -0.15) is 0 Å². The first-order valence-electron chi connectivity index (χ1n) is 7.65. The van der Waals surface area contributed by atoms with Crippen LogP contribution in [0, 0.1) is 0 Å². The number of nitrogens with one attached hydrogen (secondary N) is 1. The summed E-state index contributed by atoms with van der Waals surface area (Å²) >= 11 is 6.29. The molecular weight excluding hydrogens is 353 g/mol. The van der Waals surface area contributed by atoms with E-state index in [1.54, 1.807) is 7.11 Å². The van der Waals surface area contributed by atoms with E-state index in [0.29, 0.717) is 28.6 Å². The fraction of sp³-hybridized carbons (Fsp3) is 0.562. The molecule has 1 saturated heterocycles. The first-order valence-corrected chi connectivity index (χ1v) is 8.03. The van der Waals surface area contributed by atoms with Crippen molar-refractivity contribution in [2.75, 3.05) is 26.8 Å². The standard InChI is InChI=1S/C16H24ClN3O3.ClH/c1-10-7-20(11(2)6-19-10)8-12-4-13(17)16(14(5-12)22-3)23-9-15(18)21;/h4-5,10-11,19H,6-9H2,1-3H3,(H2,18,21);1H. The largest absolute Gasteiger partial charge is 0.493 e. The summed E-state index contributed by atoms with van der Waals surface area (Å²) in [5, 5.41) is 3.88. The lowest BCUT2D eigenvalue weighted by molar-refractivity contribution is -0.119. The number of rotatable bonds is 6. The molecule has 0 saturated carbocycles. The molecule has 136 valence electrons. The smallest absolute Gasteiger partial charge is 0.255 e. The van der Waals surface area contributed by atoms with E-state index in [4.69, 9.17) is 26.8 Å². The van der Waals surface area contributed by atoms with Gasteiger partial charge in [0.1, 0.15) is 0 Å². The number of nitrogens with two attached hydrogens (primary N) is 1. The van der Waals surface area contributed by atoms with Gasteiger partial charge in [0.25, 0.3) is 5.91 Å². The van der Waals surface area contributed by atoms with Gasteiger partial charge >= 0.3 is 0 Å². The van der Waals surface area contributed by atoms with Gasteiger partial charge in [0.2, 0.25) is 0 Å². The van der Waals surface area contributed by atoms with Crippen LogP contribution in [-0.4, -0.2) is 49.7 Å². The molecule has 2 unspecified atom stereocenters. The van der Waals surface area contributed by atoms with Gasteiger partial charge in [-0.3, -0.25) is 9.69 Å². The van der Waals surface area contributed by atoms with E-state index in [-0.39, 0.29) is 19.0 Å². The SMILES string of the molecule is COc1cc(CN2CC(C)NCC2C)cc(Cl)c1OCC(N)=O.Cl. The molecular formula is C16H25Cl2N3O3. The molecule has 8 heteroatoms. The number of methoxy groups -OCH3 is 1. The Labute approximate surface area is 154 Å². The van der Waals surface area contributed by atoms with E-state index in [9.17, 15) is 4.79 Å². The summed E-state index contributed by atoms with van der Waals surface area (Å²) in [5.41, 5.74) is 6.14. The number of hydrogen-bond donors (Lipinski definition) is 2. The predicted octanol–water partition coefficient (Wildman–Crippen LogP) is 1.82. The Kier molecular flexibility index (Phi) is 8.09. The van der Waals surface area contributed by atoms with Crippen molar-refractivity contribution in [3.8, 4) is 11.5 Å². The zero-order valence-electron chi connectivity index (χ0n) is 14.2. The number of nitrogens with zero attached hydrogens (tertiary/aromatic N) is 1. The fourth-order valence-corrected chi connectivity index (χ4v) is 2.99. The molecule has 1 heterocycles. The second-order valence-corrected chi connectivity index (χ2v) is 6.36. The van der Waals surface area contributed by atoms with E-state index in [1.165, 1.54) is 0 Å². The maximum Gasteiger partial charge on any atom is 0.255 e. The summed E-state index contributed by atoms with van der Waals surface area (Å²) in [7, 11) is 1.54. The maximum absolute atomic E-state index is 10.9. The lowest BCUT2D eigenvalue weighted by atomic mass is 10.1.